The molecule has 15 heavy (non-hydrogen) atoms. The summed E-state index contributed by atoms with van der Waals surface area (Å²) in [4.78, 5) is 0. The van der Waals surface area contributed by atoms with E-state index >= 15 is 0 Å². The first kappa shape index (κ1) is 14.2. The lowest BCUT2D eigenvalue weighted by molar-refractivity contribution is 0.160. The second-order valence-corrected chi connectivity index (χ2v) is 3.02. The smallest absolute Gasteiger partial charge is 0.166 e. The van der Waals surface area contributed by atoms with Crippen molar-refractivity contribution in [2.75, 3.05) is 0 Å². The molecule has 0 amide bonds. The first-order chi connectivity index (χ1) is 6.45. The van der Waals surface area contributed by atoms with Crippen LogP contribution >= 0.6 is 12.4 Å². The largest absolute Gasteiger partial charge is 0.391 e. The van der Waals surface area contributed by atoms with Gasteiger partial charge in [0.25, 0.3) is 0 Å². The average molecular weight is 242 g/mol. The summed E-state index contributed by atoms with van der Waals surface area (Å²) in [6.07, 6.45) is -1.15. The van der Waals surface area contributed by atoms with Gasteiger partial charge in [-0.25, -0.2) is 13.2 Å². The van der Waals surface area contributed by atoms with Crippen LogP contribution in [0.15, 0.2) is 12.1 Å². The van der Waals surface area contributed by atoms with E-state index in [0.717, 1.165) is 6.07 Å². The summed E-state index contributed by atoms with van der Waals surface area (Å²) in [6.45, 7) is 1.27. The van der Waals surface area contributed by atoms with Gasteiger partial charge >= 0.3 is 0 Å². The van der Waals surface area contributed by atoms with Crippen LogP contribution in [-0.4, -0.2) is 11.2 Å². The zero-order valence-corrected chi connectivity index (χ0v) is 8.69. The molecule has 1 aromatic carbocycles. The predicted molar refractivity (Wildman–Crippen MR) is 52.2 cm³/mol. The Morgan fingerprint density at radius 2 is 1.67 bits per heavy atom. The lowest BCUT2D eigenvalue weighted by Gasteiger charge is -2.16. The first-order valence-corrected chi connectivity index (χ1v) is 4.02. The summed E-state index contributed by atoms with van der Waals surface area (Å²) >= 11 is 0. The van der Waals surface area contributed by atoms with Crippen LogP contribution in [-0.2, 0) is 0 Å². The number of rotatable bonds is 2. The van der Waals surface area contributed by atoms with Crippen LogP contribution in [0.25, 0.3) is 0 Å². The lowest BCUT2D eigenvalue weighted by atomic mass is 10.0. The van der Waals surface area contributed by atoms with Crippen LogP contribution in [0.1, 0.15) is 18.5 Å². The van der Waals surface area contributed by atoms with E-state index in [1.165, 1.54) is 6.92 Å². The molecule has 2 nitrogen and oxygen atoms in total. The highest BCUT2D eigenvalue weighted by molar-refractivity contribution is 5.85. The molecule has 1 aromatic rings. The highest BCUT2D eigenvalue weighted by atomic mass is 35.5. The van der Waals surface area contributed by atoms with Crippen molar-refractivity contribution in [1.82, 2.24) is 0 Å². The summed E-state index contributed by atoms with van der Waals surface area (Å²) in [5.74, 6) is -3.49. The second-order valence-electron chi connectivity index (χ2n) is 3.02. The molecule has 0 aliphatic rings. The molecule has 6 heteroatoms. The van der Waals surface area contributed by atoms with E-state index in [9.17, 15) is 13.2 Å². The van der Waals surface area contributed by atoms with Crippen molar-refractivity contribution >= 4 is 12.4 Å². The number of aliphatic hydroxyl groups excluding tert-OH is 1. The Bertz CT molecular complexity index is 346. The number of benzene rings is 1. The van der Waals surface area contributed by atoms with Gasteiger partial charge < -0.3 is 10.8 Å². The van der Waals surface area contributed by atoms with E-state index in [-0.39, 0.29) is 12.4 Å². The Morgan fingerprint density at radius 1 is 1.20 bits per heavy atom. The maximum absolute atomic E-state index is 13.1. The highest BCUT2D eigenvalue weighted by Crippen LogP contribution is 2.23. The fourth-order valence-corrected chi connectivity index (χ4v) is 1.09. The van der Waals surface area contributed by atoms with Gasteiger partial charge in [-0.1, -0.05) is 0 Å². The zero-order valence-electron chi connectivity index (χ0n) is 7.88. The Hall–Kier alpha value is -0.780. The van der Waals surface area contributed by atoms with Gasteiger partial charge in [0.15, 0.2) is 11.6 Å². The Labute approximate surface area is 91.3 Å². The van der Waals surface area contributed by atoms with Gasteiger partial charge in [0.05, 0.1) is 12.1 Å². The molecular weight excluding hydrogens is 231 g/mol. The van der Waals surface area contributed by atoms with Gasteiger partial charge in [-0.15, -0.1) is 12.4 Å². The van der Waals surface area contributed by atoms with Crippen molar-refractivity contribution in [3.05, 3.63) is 35.1 Å². The highest BCUT2D eigenvalue weighted by Gasteiger charge is 2.22. The number of hydrogen-bond acceptors (Lipinski definition) is 2. The van der Waals surface area contributed by atoms with E-state index in [4.69, 9.17) is 10.8 Å². The molecule has 0 radical (unpaired) electrons. The van der Waals surface area contributed by atoms with Crippen LogP contribution < -0.4 is 5.73 Å². The summed E-state index contributed by atoms with van der Waals surface area (Å²) in [7, 11) is 0. The zero-order chi connectivity index (χ0) is 10.9. The summed E-state index contributed by atoms with van der Waals surface area (Å²) < 4.78 is 38.8. The van der Waals surface area contributed by atoms with Crippen molar-refractivity contribution in [3.8, 4) is 0 Å². The van der Waals surface area contributed by atoms with Gasteiger partial charge in [-0.2, -0.15) is 0 Å². The van der Waals surface area contributed by atoms with E-state index in [0.29, 0.717) is 6.07 Å². The summed E-state index contributed by atoms with van der Waals surface area (Å²) in [5, 5.41) is 9.03. The third-order valence-electron chi connectivity index (χ3n) is 1.93. The van der Waals surface area contributed by atoms with E-state index in [1.54, 1.807) is 0 Å². The fraction of sp³-hybridized carbons (Fsp3) is 0.333. The number of nitrogens with two attached hydrogens (primary N) is 1. The van der Waals surface area contributed by atoms with Gasteiger partial charge in [-0.05, 0) is 19.1 Å². The van der Waals surface area contributed by atoms with Gasteiger partial charge in [-0.3, -0.25) is 0 Å². The molecule has 0 aromatic heterocycles. The summed E-state index contributed by atoms with van der Waals surface area (Å²) in [6, 6.07) is 0.171. The minimum atomic E-state index is -1.35. The average Bonchev–Trinajstić information content (AvgIpc) is 2.12. The van der Waals surface area contributed by atoms with Crippen LogP contribution in [0.5, 0.6) is 0 Å². The van der Waals surface area contributed by atoms with Crippen molar-refractivity contribution in [3.63, 3.8) is 0 Å². The molecule has 0 fully saturated rings. The monoisotopic (exact) mass is 241 g/mol. The van der Waals surface area contributed by atoms with Crippen molar-refractivity contribution in [1.29, 1.82) is 0 Å². The number of halogens is 4. The molecular formula is C9H11ClF3NO. The Balaban J connectivity index is 0.00000196. The second kappa shape index (κ2) is 5.34. The first-order valence-electron chi connectivity index (χ1n) is 4.02. The van der Waals surface area contributed by atoms with E-state index in [2.05, 4.69) is 0 Å². The van der Waals surface area contributed by atoms with Crippen LogP contribution in [0.2, 0.25) is 0 Å². The molecule has 0 bridgehead atoms. The minimum absolute atomic E-state index is 0. The lowest BCUT2D eigenvalue weighted by Crippen LogP contribution is -2.25. The molecule has 2 atom stereocenters. The molecule has 0 spiro atoms. The number of aliphatic hydroxyl groups is 1. The Kier molecular flexibility index (Phi) is 5.07. The molecule has 3 N–H and O–H groups in total. The van der Waals surface area contributed by atoms with Gasteiger partial charge in [0, 0.05) is 5.56 Å². The van der Waals surface area contributed by atoms with Crippen molar-refractivity contribution < 1.29 is 18.3 Å². The third-order valence-corrected chi connectivity index (χ3v) is 1.93. The molecule has 86 valence electrons. The molecule has 0 aliphatic heterocycles. The Morgan fingerprint density at radius 3 is 2.13 bits per heavy atom. The van der Waals surface area contributed by atoms with E-state index < -0.39 is 35.2 Å². The molecule has 0 heterocycles. The fourth-order valence-electron chi connectivity index (χ4n) is 1.09. The SMILES string of the molecule is C[C@@H](O)[C@@H](N)c1c(F)ccc(F)c1F.Cl. The molecule has 0 saturated carbocycles. The van der Waals surface area contributed by atoms with Crippen molar-refractivity contribution in [2.45, 2.75) is 19.1 Å². The topological polar surface area (TPSA) is 46.2 Å². The molecule has 0 aliphatic carbocycles. The molecule has 0 saturated heterocycles. The normalized spacial score (nSPS) is 14.3. The van der Waals surface area contributed by atoms with Gasteiger partial charge in [0.2, 0.25) is 0 Å². The molecule has 0 unspecified atom stereocenters. The molecule has 1 rings (SSSR count). The van der Waals surface area contributed by atoms with Crippen LogP contribution in [0.3, 0.4) is 0 Å². The van der Waals surface area contributed by atoms with Gasteiger partial charge in [0.1, 0.15) is 5.82 Å². The predicted octanol–water partition coefficient (Wildman–Crippen LogP) is 1.91. The minimum Gasteiger partial charge on any atom is -0.391 e. The number of hydrogen-bond donors (Lipinski definition) is 2. The van der Waals surface area contributed by atoms with E-state index in [1.807, 2.05) is 0 Å². The third kappa shape index (κ3) is 2.84. The van der Waals surface area contributed by atoms with Crippen LogP contribution in [0, 0.1) is 17.5 Å². The summed E-state index contributed by atoms with van der Waals surface area (Å²) in [5.41, 5.74) is 4.69. The maximum atomic E-state index is 13.1. The maximum Gasteiger partial charge on any atom is 0.166 e. The van der Waals surface area contributed by atoms with Crippen molar-refractivity contribution in [2.24, 2.45) is 5.73 Å². The standard InChI is InChI=1S/C9H10F3NO.ClH/c1-4(14)9(13)7-5(10)2-3-6(11)8(7)12;/h2-4,9,14H,13H2,1H3;1H/t4-,9-;/m1./s1. The van der Waals surface area contributed by atoms with Crippen LogP contribution in [0.4, 0.5) is 13.2 Å². The quantitative estimate of drug-likeness (QED) is 0.777.